The van der Waals surface area contributed by atoms with Crippen LogP contribution in [0.1, 0.15) is 24.4 Å². The average Bonchev–Trinajstić information content (AvgIpc) is 3.32. The Morgan fingerprint density at radius 2 is 1.42 bits per heavy atom. The summed E-state index contributed by atoms with van der Waals surface area (Å²) in [5.41, 5.74) is 5.65. The van der Waals surface area contributed by atoms with E-state index in [1.807, 2.05) is 109 Å². The fraction of sp³-hybridized carbons (Fsp3) is 0.156. The van der Waals surface area contributed by atoms with Crippen LogP contribution in [0.15, 0.2) is 109 Å². The van der Waals surface area contributed by atoms with Crippen LogP contribution in [0.5, 0.6) is 0 Å². The Kier molecular flexibility index (Phi) is 7.31. The van der Waals surface area contributed by atoms with Crippen molar-refractivity contribution in [1.29, 1.82) is 0 Å². The minimum atomic E-state index is -0.381. The zero-order valence-corrected chi connectivity index (χ0v) is 21.5. The molecule has 0 aliphatic carbocycles. The molecule has 1 atom stereocenters. The second kappa shape index (κ2) is 11.1. The lowest BCUT2D eigenvalue weighted by Crippen LogP contribution is -2.33. The molecule has 5 rings (SSSR count). The molecule has 5 aromatic rings. The number of rotatable bonds is 8. The van der Waals surface area contributed by atoms with Crippen molar-refractivity contribution < 1.29 is 9.59 Å². The minimum absolute atomic E-state index is 0.0716. The van der Waals surface area contributed by atoms with Crippen LogP contribution in [0, 0.1) is 0 Å². The molecule has 6 nitrogen and oxygen atoms in total. The van der Waals surface area contributed by atoms with Crippen LogP contribution in [0.4, 0.5) is 5.69 Å². The van der Waals surface area contributed by atoms with Gasteiger partial charge in [-0.15, -0.1) is 0 Å². The van der Waals surface area contributed by atoms with E-state index in [1.54, 1.807) is 11.9 Å². The van der Waals surface area contributed by atoms with Crippen molar-refractivity contribution in [1.82, 2.24) is 14.9 Å². The van der Waals surface area contributed by atoms with E-state index < -0.39 is 0 Å². The summed E-state index contributed by atoms with van der Waals surface area (Å²) < 4.78 is 1.90. The van der Waals surface area contributed by atoms with Crippen molar-refractivity contribution in [3.8, 4) is 11.1 Å². The van der Waals surface area contributed by atoms with Gasteiger partial charge in [-0.2, -0.15) is 0 Å². The highest BCUT2D eigenvalue weighted by Crippen LogP contribution is 2.23. The number of imidazole rings is 1. The molecule has 38 heavy (non-hydrogen) atoms. The van der Waals surface area contributed by atoms with Crippen LogP contribution in [0.3, 0.4) is 0 Å². The fourth-order valence-corrected chi connectivity index (χ4v) is 4.62. The van der Waals surface area contributed by atoms with Gasteiger partial charge in [0.1, 0.15) is 12.4 Å². The van der Waals surface area contributed by atoms with Crippen molar-refractivity contribution in [2.24, 2.45) is 0 Å². The Balaban J connectivity index is 1.31. The summed E-state index contributed by atoms with van der Waals surface area (Å²) in [4.78, 5) is 32.6. The fourth-order valence-electron chi connectivity index (χ4n) is 4.62. The molecule has 2 amide bonds. The summed E-state index contributed by atoms with van der Waals surface area (Å²) >= 11 is 0. The molecule has 190 valence electrons. The molecular weight excluding hydrogens is 472 g/mol. The molecule has 0 saturated carbocycles. The average molecular weight is 503 g/mol. The van der Waals surface area contributed by atoms with E-state index in [0.29, 0.717) is 5.82 Å². The number of carbonyl (C=O) groups is 2. The minimum Gasteiger partial charge on any atom is -0.346 e. The first kappa shape index (κ1) is 25.0. The number of aromatic nitrogens is 2. The molecule has 0 spiro atoms. The van der Waals surface area contributed by atoms with Gasteiger partial charge in [0.2, 0.25) is 11.8 Å². The zero-order valence-electron chi connectivity index (χ0n) is 21.5. The lowest BCUT2D eigenvalue weighted by atomic mass is 10.0. The Labute approximate surface area is 222 Å². The van der Waals surface area contributed by atoms with Gasteiger partial charge in [-0.25, -0.2) is 4.98 Å². The van der Waals surface area contributed by atoms with Gasteiger partial charge in [0.05, 0.1) is 23.5 Å². The van der Waals surface area contributed by atoms with Crippen molar-refractivity contribution in [2.75, 3.05) is 11.9 Å². The third-order valence-electron chi connectivity index (χ3n) is 6.69. The molecule has 1 N–H and O–H groups in total. The number of carbonyl (C=O) groups excluding carboxylic acids is 2. The maximum Gasteiger partial charge on any atom is 0.246 e. The van der Waals surface area contributed by atoms with Crippen molar-refractivity contribution in [3.05, 3.63) is 121 Å². The lowest BCUT2D eigenvalue weighted by Gasteiger charge is -2.20. The molecule has 1 heterocycles. The van der Waals surface area contributed by atoms with E-state index in [9.17, 15) is 9.59 Å². The molecule has 0 bridgehead atoms. The van der Waals surface area contributed by atoms with Gasteiger partial charge in [-0.05, 0) is 47.9 Å². The molecule has 0 aliphatic rings. The van der Waals surface area contributed by atoms with Gasteiger partial charge in [0.15, 0.2) is 0 Å². The standard InChI is InChI=1S/C32H30N4O2/c1-23(33-30(37)21-24-17-19-26(20-18-24)25-11-5-3-6-12-25)32-34-28-15-9-10-16-29(28)36(32)22-31(38)35(2)27-13-7-4-8-14-27/h3-20,23H,21-22H2,1-2H3,(H,33,37). The number of anilines is 1. The van der Waals surface area contributed by atoms with E-state index in [1.165, 1.54) is 0 Å². The first-order valence-electron chi connectivity index (χ1n) is 12.7. The number of para-hydroxylation sites is 3. The van der Waals surface area contributed by atoms with Crippen LogP contribution in [0.2, 0.25) is 0 Å². The molecule has 1 aromatic heterocycles. The summed E-state index contributed by atoms with van der Waals surface area (Å²) in [6.07, 6.45) is 0.259. The normalized spacial score (nSPS) is 11.7. The van der Waals surface area contributed by atoms with E-state index in [-0.39, 0.29) is 30.8 Å². The Morgan fingerprint density at radius 3 is 2.13 bits per heavy atom. The summed E-state index contributed by atoms with van der Waals surface area (Å²) in [7, 11) is 1.77. The SMILES string of the molecule is CC(NC(=O)Cc1ccc(-c2ccccc2)cc1)c1nc2ccccc2n1CC(=O)N(C)c1ccccc1. The van der Waals surface area contributed by atoms with Crippen molar-refractivity contribution in [3.63, 3.8) is 0 Å². The number of nitrogens with one attached hydrogen (secondary N) is 1. The molecule has 0 fully saturated rings. The summed E-state index contributed by atoms with van der Waals surface area (Å²) in [6.45, 7) is 2.02. The third-order valence-corrected chi connectivity index (χ3v) is 6.69. The Hall–Kier alpha value is -4.71. The predicted molar refractivity (Wildman–Crippen MR) is 152 cm³/mol. The maximum absolute atomic E-state index is 13.2. The quantitative estimate of drug-likeness (QED) is 0.292. The highest BCUT2D eigenvalue weighted by atomic mass is 16.2. The summed E-state index contributed by atoms with van der Waals surface area (Å²) in [5, 5.41) is 3.08. The van der Waals surface area contributed by atoms with Gasteiger partial charge in [0, 0.05) is 12.7 Å². The highest BCUT2D eigenvalue weighted by molar-refractivity contribution is 5.93. The predicted octanol–water partition coefficient (Wildman–Crippen LogP) is 5.79. The highest BCUT2D eigenvalue weighted by Gasteiger charge is 2.21. The Morgan fingerprint density at radius 1 is 0.816 bits per heavy atom. The monoisotopic (exact) mass is 502 g/mol. The maximum atomic E-state index is 13.2. The van der Waals surface area contributed by atoms with E-state index >= 15 is 0 Å². The van der Waals surface area contributed by atoms with Gasteiger partial charge in [0.25, 0.3) is 0 Å². The van der Waals surface area contributed by atoms with Gasteiger partial charge in [-0.3, -0.25) is 9.59 Å². The number of hydrogen-bond donors (Lipinski definition) is 1. The second-order valence-electron chi connectivity index (χ2n) is 9.36. The molecule has 1 unspecified atom stereocenters. The van der Waals surface area contributed by atoms with E-state index in [0.717, 1.165) is 33.4 Å². The molecule has 6 heteroatoms. The van der Waals surface area contributed by atoms with Crippen LogP contribution in [0.25, 0.3) is 22.2 Å². The zero-order chi connectivity index (χ0) is 26.5. The molecule has 0 saturated heterocycles. The topological polar surface area (TPSA) is 67.2 Å². The lowest BCUT2D eigenvalue weighted by molar-refractivity contribution is -0.121. The molecule has 4 aromatic carbocycles. The van der Waals surface area contributed by atoms with E-state index in [2.05, 4.69) is 17.4 Å². The van der Waals surface area contributed by atoms with Gasteiger partial charge < -0.3 is 14.8 Å². The molecule has 0 aliphatic heterocycles. The molecular formula is C32H30N4O2. The van der Waals surface area contributed by atoms with Crippen LogP contribution in [-0.4, -0.2) is 28.4 Å². The van der Waals surface area contributed by atoms with Gasteiger partial charge in [-0.1, -0.05) is 84.9 Å². The van der Waals surface area contributed by atoms with Crippen molar-refractivity contribution in [2.45, 2.75) is 25.9 Å². The number of amides is 2. The first-order valence-corrected chi connectivity index (χ1v) is 12.7. The number of hydrogen-bond acceptors (Lipinski definition) is 3. The summed E-state index contributed by atoms with van der Waals surface area (Å²) in [6, 6.07) is 35.1. The molecule has 0 radical (unpaired) electrons. The second-order valence-corrected chi connectivity index (χ2v) is 9.36. The first-order chi connectivity index (χ1) is 18.5. The van der Waals surface area contributed by atoms with Gasteiger partial charge >= 0.3 is 0 Å². The van der Waals surface area contributed by atoms with Crippen LogP contribution >= 0.6 is 0 Å². The smallest absolute Gasteiger partial charge is 0.246 e. The summed E-state index contributed by atoms with van der Waals surface area (Å²) in [5.74, 6) is 0.475. The van der Waals surface area contributed by atoms with E-state index in [4.69, 9.17) is 4.98 Å². The van der Waals surface area contributed by atoms with Crippen molar-refractivity contribution >= 4 is 28.5 Å². The number of benzene rings is 4. The largest absolute Gasteiger partial charge is 0.346 e. The number of likely N-dealkylation sites (N-methyl/N-ethyl adjacent to an activating group) is 1. The van der Waals surface area contributed by atoms with Crippen LogP contribution in [-0.2, 0) is 22.6 Å². The van der Waals surface area contributed by atoms with Crippen LogP contribution < -0.4 is 10.2 Å². The third kappa shape index (κ3) is 5.49. The number of fused-ring (bicyclic) bond motifs is 1. The number of nitrogens with zero attached hydrogens (tertiary/aromatic N) is 3. The Bertz CT molecular complexity index is 1540.